The van der Waals surface area contributed by atoms with E-state index in [1.54, 1.807) is 0 Å². The molecular formula is C17H18N2. The fourth-order valence-corrected chi connectivity index (χ4v) is 2.59. The summed E-state index contributed by atoms with van der Waals surface area (Å²) in [7, 11) is 0. The fourth-order valence-electron chi connectivity index (χ4n) is 2.59. The average molecular weight is 250 g/mol. The molecule has 0 aliphatic heterocycles. The summed E-state index contributed by atoms with van der Waals surface area (Å²) in [6, 6.07) is 18.8. The lowest BCUT2D eigenvalue weighted by Gasteiger charge is -2.11. The molecule has 0 spiro atoms. The van der Waals surface area contributed by atoms with Crippen LogP contribution >= 0.6 is 0 Å². The van der Waals surface area contributed by atoms with E-state index in [9.17, 15) is 0 Å². The van der Waals surface area contributed by atoms with E-state index in [1.165, 1.54) is 16.5 Å². The van der Waals surface area contributed by atoms with Crippen LogP contribution in [0.3, 0.4) is 0 Å². The first-order chi connectivity index (χ1) is 9.31. The normalized spacial score (nSPS) is 12.7. The largest absolute Gasteiger partial charge is 0.354 e. The molecule has 0 aliphatic rings. The highest BCUT2D eigenvalue weighted by Crippen LogP contribution is 2.34. The zero-order chi connectivity index (χ0) is 13.2. The van der Waals surface area contributed by atoms with Crippen LogP contribution in [0.2, 0.25) is 0 Å². The number of hydrogen-bond donors (Lipinski definition) is 2. The summed E-state index contributed by atoms with van der Waals surface area (Å²) in [6.45, 7) is 2.13. The Kier molecular flexibility index (Phi) is 3.10. The third kappa shape index (κ3) is 2.04. The molecular weight excluding hydrogens is 232 g/mol. The summed E-state index contributed by atoms with van der Waals surface area (Å²) in [5, 5.41) is 1.23. The monoisotopic (exact) mass is 250 g/mol. The lowest BCUT2D eigenvalue weighted by atomic mass is 9.98. The lowest BCUT2D eigenvalue weighted by molar-refractivity contribution is 0.706. The molecule has 0 unspecified atom stereocenters. The molecule has 0 radical (unpaired) electrons. The minimum absolute atomic E-state index is 0.0614. The average Bonchev–Trinajstić information content (AvgIpc) is 2.87. The van der Waals surface area contributed by atoms with Crippen LogP contribution in [0.25, 0.3) is 22.2 Å². The molecule has 2 aromatic carbocycles. The number of H-pyrrole nitrogens is 1. The first-order valence-electron chi connectivity index (χ1n) is 6.73. The van der Waals surface area contributed by atoms with Crippen molar-refractivity contribution in [1.29, 1.82) is 0 Å². The van der Waals surface area contributed by atoms with E-state index in [0.717, 1.165) is 17.6 Å². The predicted octanol–water partition coefficient (Wildman–Crippen LogP) is 4.24. The second kappa shape index (κ2) is 4.90. The van der Waals surface area contributed by atoms with E-state index in [2.05, 4.69) is 60.4 Å². The predicted molar refractivity (Wildman–Crippen MR) is 81.0 cm³/mol. The summed E-state index contributed by atoms with van der Waals surface area (Å²) in [4.78, 5) is 3.52. The van der Waals surface area contributed by atoms with Crippen molar-refractivity contribution in [3.05, 3.63) is 60.2 Å². The number of para-hydroxylation sites is 1. The number of aromatic amines is 1. The first-order valence-corrected chi connectivity index (χ1v) is 6.73. The van der Waals surface area contributed by atoms with Gasteiger partial charge < -0.3 is 10.7 Å². The van der Waals surface area contributed by atoms with Gasteiger partial charge in [0.05, 0.1) is 5.69 Å². The summed E-state index contributed by atoms with van der Waals surface area (Å²) < 4.78 is 0. The molecule has 2 heteroatoms. The van der Waals surface area contributed by atoms with E-state index >= 15 is 0 Å². The minimum Gasteiger partial charge on any atom is -0.354 e. The Labute approximate surface area is 113 Å². The van der Waals surface area contributed by atoms with Crippen LogP contribution in [-0.4, -0.2) is 4.98 Å². The molecule has 1 atom stereocenters. The molecule has 1 aromatic heterocycles. The zero-order valence-electron chi connectivity index (χ0n) is 11.1. The van der Waals surface area contributed by atoms with Crippen molar-refractivity contribution in [2.75, 3.05) is 0 Å². The van der Waals surface area contributed by atoms with Gasteiger partial charge in [0, 0.05) is 22.5 Å². The SMILES string of the molecule is CC[C@@H](N)c1c(-c2ccccc2)[nH]c2ccccc12. The van der Waals surface area contributed by atoms with Crippen molar-refractivity contribution in [3.8, 4) is 11.3 Å². The van der Waals surface area contributed by atoms with Crippen molar-refractivity contribution >= 4 is 10.9 Å². The maximum atomic E-state index is 6.32. The highest BCUT2D eigenvalue weighted by atomic mass is 14.8. The third-order valence-corrected chi connectivity index (χ3v) is 3.62. The van der Waals surface area contributed by atoms with Crippen LogP contribution in [0.1, 0.15) is 24.9 Å². The Morgan fingerprint density at radius 1 is 1.00 bits per heavy atom. The lowest BCUT2D eigenvalue weighted by Crippen LogP contribution is -2.09. The molecule has 0 aliphatic carbocycles. The number of aromatic nitrogens is 1. The van der Waals surface area contributed by atoms with Crippen molar-refractivity contribution in [3.63, 3.8) is 0 Å². The molecule has 96 valence electrons. The molecule has 0 bridgehead atoms. The van der Waals surface area contributed by atoms with Gasteiger partial charge in [0.1, 0.15) is 0 Å². The van der Waals surface area contributed by atoms with Crippen molar-refractivity contribution in [2.45, 2.75) is 19.4 Å². The number of fused-ring (bicyclic) bond motifs is 1. The van der Waals surface area contributed by atoms with E-state index in [-0.39, 0.29) is 6.04 Å². The highest BCUT2D eigenvalue weighted by molar-refractivity contribution is 5.91. The Balaban J connectivity index is 2.29. The first kappa shape index (κ1) is 12.0. The summed E-state index contributed by atoms with van der Waals surface area (Å²) in [6.07, 6.45) is 0.932. The van der Waals surface area contributed by atoms with Gasteiger partial charge in [0.25, 0.3) is 0 Å². The number of nitrogens with one attached hydrogen (secondary N) is 1. The minimum atomic E-state index is 0.0614. The second-order valence-electron chi connectivity index (χ2n) is 4.84. The van der Waals surface area contributed by atoms with Gasteiger partial charge in [-0.15, -0.1) is 0 Å². The van der Waals surface area contributed by atoms with E-state index < -0.39 is 0 Å². The number of nitrogens with two attached hydrogens (primary N) is 1. The van der Waals surface area contributed by atoms with Crippen LogP contribution in [0, 0.1) is 0 Å². The van der Waals surface area contributed by atoms with Gasteiger partial charge in [-0.2, -0.15) is 0 Å². The number of hydrogen-bond acceptors (Lipinski definition) is 1. The van der Waals surface area contributed by atoms with E-state index in [0.29, 0.717) is 0 Å². The van der Waals surface area contributed by atoms with Crippen LogP contribution in [0.4, 0.5) is 0 Å². The summed E-state index contributed by atoms with van der Waals surface area (Å²) in [5.74, 6) is 0. The van der Waals surface area contributed by atoms with Gasteiger partial charge in [-0.3, -0.25) is 0 Å². The molecule has 0 fully saturated rings. The molecule has 1 heterocycles. The standard InChI is InChI=1S/C17H18N2/c1-2-14(18)16-13-10-6-7-11-15(13)19-17(16)12-8-4-3-5-9-12/h3-11,14,19H,2,18H2,1H3/t14-/m1/s1. The van der Waals surface area contributed by atoms with Crippen LogP contribution in [0.15, 0.2) is 54.6 Å². The van der Waals surface area contributed by atoms with E-state index in [1.807, 2.05) is 6.07 Å². The maximum Gasteiger partial charge on any atom is 0.0513 e. The van der Waals surface area contributed by atoms with Crippen molar-refractivity contribution < 1.29 is 0 Å². The fraction of sp³-hybridized carbons (Fsp3) is 0.176. The van der Waals surface area contributed by atoms with Crippen molar-refractivity contribution in [1.82, 2.24) is 4.98 Å². The topological polar surface area (TPSA) is 41.8 Å². The van der Waals surface area contributed by atoms with Crippen molar-refractivity contribution in [2.24, 2.45) is 5.73 Å². The van der Waals surface area contributed by atoms with Crippen LogP contribution in [-0.2, 0) is 0 Å². The summed E-state index contributed by atoms with van der Waals surface area (Å²) >= 11 is 0. The molecule has 2 nitrogen and oxygen atoms in total. The molecule has 3 N–H and O–H groups in total. The third-order valence-electron chi connectivity index (χ3n) is 3.62. The summed E-state index contributed by atoms with van der Waals surface area (Å²) in [5.41, 5.74) is 11.0. The Morgan fingerprint density at radius 2 is 1.68 bits per heavy atom. The Bertz CT molecular complexity index is 683. The van der Waals surface area contributed by atoms with Gasteiger partial charge in [0.2, 0.25) is 0 Å². The van der Waals surface area contributed by atoms with Gasteiger partial charge in [-0.1, -0.05) is 55.5 Å². The van der Waals surface area contributed by atoms with Gasteiger partial charge in [-0.25, -0.2) is 0 Å². The molecule has 3 aromatic rings. The molecule has 0 saturated heterocycles. The highest BCUT2D eigenvalue weighted by Gasteiger charge is 2.17. The van der Waals surface area contributed by atoms with Gasteiger partial charge in [0.15, 0.2) is 0 Å². The molecule has 0 saturated carbocycles. The van der Waals surface area contributed by atoms with E-state index in [4.69, 9.17) is 5.73 Å². The second-order valence-corrected chi connectivity index (χ2v) is 4.84. The molecule has 19 heavy (non-hydrogen) atoms. The quantitative estimate of drug-likeness (QED) is 0.717. The van der Waals surface area contributed by atoms with Crippen LogP contribution in [0.5, 0.6) is 0 Å². The van der Waals surface area contributed by atoms with Crippen LogP contribution < -0.4 is 5.73 Å². The number of benzene rings is 2. The smallest absolute Gasteiger partial charge is 0.0513 e. The zero-order valence-corrected chi connectivity index (χ0v) is 11.1. The Morgan fingerprint density at radius 3 is 2.42 bits per heavy atom. The Hall–Kier alpha value is -2.06. The molecule has 0 amide bonds. The maximum absolute atomic E-state index is 6.32. The number of rotatable bonds is 3. The van der Waals surface area contributed by atoms with Gasteiger partial charge in [-0.05, 0) is 18.1 Å². The van der Waals surface area contributed by atoms with Gasteiger partial charge >= 0.3 is 0 Å². The molecule has 3 rings (SSSR count).